The molecule has 5 heteroatoms. The van der Waals surface area contributed by atoms with Crippen molar-refractivity contribution in [3.8, 4) is 12.3 Å². The summed E-state index contributed by atoms with van der Waals surface area (Å²) < 4.78 is 0. The summed E-state index contributed by atoms with van der Waals surface area (Å²) in [7, 11) is 0. The van der Waals surface area contributed by atoms with Gasteiger partial charge in [-0.2, -0.15) is 11.8 Å². The minimum absolute atomic E-state index is 0.0230. The summed E-state index contributed by atoms with van der Waals surface area (Å²) in [5.74, 6) is 2.51. The molecule has 3 N–H and O–H groups in total. The van der Waals surface area contributed by atoms with Crippen LogP contribution in [0.3, 0.4) is 0 Å². The van der Waals surface area contributed by atoms with Crippen LogP contribution in [-0.2, 0) is 0 Å². The number of anilines is 1. The molecule has 4 nitrogen and oxygen atoms in total. The largest absolute Gasteiger partial charge is 0.395 e. The average Bonchev–Trinajstić information content (AvgIpc) is 2.40. The van der Waals surface area contributed by atoms with Gasteiger partial charge in [-0.1, -0.05) is 12.0 Å². The molecular formula is C14H18N2O2S. The zero-order valence-corrected chi connectivity index (χ0v) is 11.8. The first-order valence-electron chi connectivity index (χ1n) is 5.88. The third-order valence-corrected chi connectivity index (χ3v) is 3.85. The number of aliphatic hydroxyl groups is 1. The molecule has 0 heterocycles. The molecule has 0 unspecified atom stereocenters. The van der Waals surface area contributed by atoms with E-state index in [-0.39, 0.29) is 23.9 Å². The highest BCUT2D eigenvalue weighted by Crippen LogP contribution is 2.12. The SMILES string of the molecule is C#Cc1cccc(NC(=O)N[C@H](C)[C@H](CO)SC)c1. The lowest BCUT2D eigenvalue weighted by Crippen LogP contribution is -2.43. The molecule has 0 saturated heterocycles. The number of hydrogen-bond acceptors (Lipinski definition) is 3. The van der Waals surface area contributed by atoms with Crippen molar-refractivity contribution in [2.75, 3.05) is 18.2 Å². The van der Waals surface area contributed by atoms with Gasteiger partial charge in [-0.15, -0.1) is 6.42 Å². The minimum Gasteiger partial charge on any atom is -0.395 e. The van der Waals surface area contributed by atoms with Crippen LogP contribution in [0.2, 0.25) is 0 Å². The van der Waals surface area contributed by atoms with Crippen LogP contribution < -0.4 is 10.6 Å². The number of nitrogens with one attached hydrogen (secondary N) is 2. The molecule has 0 aliphatic carbocycles. The molecule has 2 atom stereocenters. The Kier molecular flexibility index (Phi) is 6.26. The zero-order chi connectivity index (χ0) is 14.3. The Bertz CT molecular complexity index is 467. The van der Waals surface area contributed by atoms with Crippen molar-refractivity contribution in [1.29, 1.82) is 0 Å². The summed E-state index contributed by atoms with van der Waals surface area (Å²) in [5, 5.41) is 14.6. The molecule has 0 aromatic heterocycles. The topological polar surface area (TPSA) is 61.4 Å². The van der Waals surface area contributed by atoms with Crippen LogP contribution in [0.4, 0.5) is 10.5 Å². The number of aliphatic hydroxyl groups excluding tert-OH is 1. The number of benzene rings is 1. The van der Waals surface area contributed by atoms with Crippen LogP contribution in [0.25, 0.3) is 0 Å². The Hall–Kier alpha value is -1.64. The van der Waals surface area contributed by atoms with E-state index in [1.54, 1.807) is 24.3 Å². The molecule has 19 heavy (non-hydrogen) atoms. The maximum Gasteiger partial charge on any atom is 0.319 e. The van der Waals surface area contributed by atoms with Gasteiger partial charge in [0, 0.05) is 22.5 Å². The van der Waals surface area contributed by atoms with Crippen LogP contribution in [0, 0.1) is 12.3 Å². The van der Waals surface area contributed by atoms with Crippen molar-refractivity contribution in [3.63, 3.8) is 0 Å². The quantitative estimate of drug-likeness (QED) is 0.721. The summed E-state index contributed by atoms with van der Waals surface area (Å²) in [4.78, 5) is 11.8. The number of amides is 2. The summed E-state index contributed by atoms with van der Waals surface area (Å²) in [6.45, 7) is 1.88. The normalized spacial score (nSPS) is 13.2. The van der Waals surface area contributed by atoms with E-state index in [1.807, 2.05) is 13.2 Å². The number of terminal acetylenes is 1. The maximum absolute atomic E-state index is 11.8. The van der Waals surface area contributed by atoms with Gasteiger partial charge in [0.05, 0.1) is 6.61 Å². The van der Waals surface area contributed by atoms with Gasteiger partial charge in [0.25, 0.3) is 0 Å². The molecule has 0 fully saturated rings. The van der Waals surface area contributed by atoms with E-state index >= 15 is 0 Å². The van der Waals surface area contributed by atoms with Gasteiger partial charge < -0.3 is 15.7 Å². The van der Waals surface area contributed by atoms with Gasteiger partial charge in [-0.3, -0.25) is 0 Å². The second kappa shape index (κ2) is 7.72. The highest BCUT2D eigenvalue weighted by atomic mass is 32.2. The van der Waals surface area contributed by atoms with Crippen molar-refractivity contribution in [3.05, 3.63) is 29.8 Å². The lowest BCUT2D eigenvalue weighted by molar-refractivity contribution is 0.243. The van der Waals surface area contributed by atoms with E-state index in [2.05, 4.69) is 16.6 Å². The molecule has 1 aromatic carbocycles. The van der Waals surface area contributed by atoms with Crippen molar-refractivity contribution < 1.29 is 9.90 Å². The summed E-state index contributed by atoms with van der Waals surface area (Å²) in [6.07, 6.45) is 7.19. The van der Waals surface area contributed by atoms with Gasteiger partial charge in [-0.25, -0.2) is 4.79 Å². The highest BCUT2D eigenvalue weighted by molar-refractivity contribution is 7.99. The minimum atomic E-state index is -0.311. The maximum atomic E-state index is 11.8. The van der Waals surface area contributed by atoms with Crippen LogP contribution in [-0.4, -0.2) is 35.3 Å². The van der Waals surface area contributed by atoms with E-state index in [4.69, 9.17) is 11.5 Å². The van der Waals surface area contributed by atoms with E-state index in [9.17, 15) is 4.79 Å². The van der Waals surface area contributed by atoms with Gasteiger partial charge in [0.1, 0.15) is 0 Å². The third-order valence-electron chi connectivity index (χ3n) is 2.69. The molecule has 1 rings (SSSR count). The van der Waals surface area contributed by atoms with Crippen LogP contribution in [0.1, 0.15) is 12.5 Å². The first-order valence-corrected chi connectivity index (χ1v) is 7.17. The van der Waals surface area contributed by atoms with Crippen LogP contribution >= 0.6 is 11.8 Å². The molecule has 1 aromatic rings. The smallest absolute Gasteiger partial charge is 0.319 e. The number of thioether (sulfide) groups is 1. The van der Waals surface area contributed by atoms with Gasteiger partial charge in [0.2, 0.25) is 0 Å². The Morgan fingerprint density at radius 2 is 2.32 bits per heavy atom. The second-order valence-electron chi connectivity index (χ2n) is 4.07. The molecule has 2 amide bonds. The van der Waals surface area contributed by atoms with E-state index in [0.29, 0.717) is 11.3 Å². The Labute approximate surface area is 118 Å². The van der Waals surface area contributed by atoms with Gasteiger partial charge in [-0.05, 0) is 31.4 Å². The van der Waals surface area contributed by atoms with Crippen molar-refractivity contribution in [2.45, 2.75) is 18.2 Å². The predicted molar refractivity (Wildman–Crippen MR) is 80.4 cm³/mol. The fourth-order valence-electron chi connectivity index (χ4n) is 1.59. The number of carbonyl (C=O) groups excluding carboxylic acids is 1. The third kappa shape index (κ3) is 4.86. The number of carbonyl (C=O) groups is 1. The van der Waals surface area contributed by atoms with Crippen LogP contribution in [0.5, 0.6) is 0 Å². The fourth-order valence-corrected chi connectivity index (χ4v) is 2.22. The monoisotopic (exact) mass is 278 g/mol. The summed E-state index contributed by atoms with van der Waals surface area (Å²) >= 11 is 1.51. The Morgan fingerprint density at radius 1 is 1.58 bits per heavy atom. The first-order chi connectivity index (χ1) is 9.10. The van der Waals surface area contributed by atoms with E-state index < -0.39 is 0 Å². The molecule has 102 valence electrons. The standard InChI is InChI=1S/C14H18N2O2S/c1-4-11-6-5-7-12(8-11)16-14(18)15-10(2)13(9-17)19-3/h1,5-8,10,13,17H,9H2,2-3H3,(H2,15,16,18)/t10-,13+/m1/s1. The molecule has 0 bridgehead atoms. The Balaban J connectivity index is 2.58. The van der Waals surface area contributed by atoms with Crippen molar-refractivity contribution in [1.82, 2.24) is 5.32 Å². The molecule has 0 saturated carbocycles. The lowest BCUT2D eigenvalue weighted by Gasteiger charge is -2.21. The first kappa shape index (κ1) is 15.4. The number of rotatable bonds is 5. The average molecular weight is 278 g/mol. The fraction of sp³-hybridized carbons (Fsp3) is 0.357. The second-order valence-corrected chi connectivity index (χ2v) is 5.15. The molecular weight excluding hydrogens is 260 g/mol. The van der Waals surface area contributed by atoms with Gasteiger partial charge in [0.15, 0.2) is 0 Å². The predicted octanol–water partition coefficient (Wildman–Crippen LogP) is 1.90. The summed E-state index contributed by atoms with van der Waals surface area (Å²) in [6, 6.07) is 6.63. The molecule has 0 radical (unpaired) electrons. The molecule has 0 aliphatic heterocycles. The van der Waals surface area contributed by atoms with E-state index in [0.717, 1.165) is 0 Å². The van der Waals surface area contributed by atoms with E-state index in [1.165, 1.54) is 11.8 Å². The highest BCUT2D eigenvalue weighted by Gasteiger charge is 2.17. The lowest BCUT2D eigenvalue weighted by atomic mass is 10.2. The van der Waals surface area contributed by atoms with Crippen molar-refractivity contribution >= 4 is 23.5 Å². The van der Waals surface area contributed by atoms with Crippen LogP contribution in [0.15, 0.2) is 24.3 Å². The molecule has 0 spiro atoms. The zero-order valence-electron chi connectivity index (χ0n) is 11.0. The van der Waals surface area contributed by atoms with Gasteiger partial charge >= 0.3 is 6.03 Å². The molecule has 0 aliphatic rings. The van der Waals surface area contributed by atoms with Crippen molar-refractivity contribution in [2.24, 2.45) is 0 Å². The summed E-state index contributed by atoms with van der Waals surface area (Å²) in [5.41, 5.74) is 1.35. The Morgan fingerprint density at radius 3 is 2.89 bits per heavy atom. The number of urea groups is 1. The number of hydrogen-bond donors (Lipinski definition) is 3.